The highest BCUT2D eigenvalue weighted by Gasteiger charge is 2.16. The molecule has 0 aliphatic heterocycles. The zero-order valence-electron chi connectivity index (χ0n) is 14.6. The van der Waals surface area contributed by atoms with E-state index in [0.29, 0.717) is 5.02 Å². The van der Waals surface area contributed by atoms with E-state index < -0.39 is 5.82 Å². The number of halogens is 2. The maximum atomic E-state index is 13.8. The first-order chi connectivity index (χ1) is 12.5. The minimum Gasteiger partial charge on any atom is -0.352 e. The summed E-state index contributed by atoms with van der Waals surface area (Å²) in [4.78, 5) is 12.3. The summed E-state index contributed by atoms with van der Waals surface area (Å²) in [6.45, 7) is 3.86. The van der Waals surface area contributed by atoms with Crippen LogP contribution in [0.4, 0.5) is 4.39 Å². The van der Waals surface area contributed by atoms with Gasteiger partial charge in [-0.05, 0) is 38.1 Å². The van der Waals surface area contributed by atoms with Crippen molar-refractivity contribution in [3.63, 3.8) is 0 Å². The zero-order valence-corrected chi connectivity index (χ0v) is 15.3. The standard InChI is InChI=1S/C20H19ClFN3O/c1-13-16(14(2)25(24-13)15-7-4-3-5-8-15)11-20(26)23-12-17-18(21)9-6-10-19(17)22/h3-10H,11-12H2,1-2H3,(H,23,26). The third-order valence-electron chi connectivity index (χ3n) is 4.30. The predicted molar refractivity (Wildman–Crippen MR) is 100.0 cm³/mol. The molecule has 1 aromatic heterocycles. The fourth-order valence-electron chi connectivity index (χ4n) is 2.86. The number of aryl methyl sites for hydroxylation is 1. The van der Waals surface area contributed by atoms with Gasteiger partial charge < -0.3 is 5.32 Å². The van der Waals surface area contributed by atoms with Gasteiger partial charge in [0.25, 0.3) is 0 Å². The number of carbonyl (C=O) groups excluding carboxylic acids is 1. The first-order valence-electron chi connectivity index (χ1n) is 8.27. The van der Waals surface area contributed by atoms with E-state index >= 15 is 0 Å². The van der Waals surface area contributed by atoms with Crippen molar-refractivity contribution in [2.45, 2.75) is 26.8 Å². The summed E-state index contributed by atoms with van der Waals surface area (Å²) >= 11 is 5.99. The molecule has 0 radical (unpaired) electrons. The van der Waals surface area contributed by atoms with Gasteiger partial charge in [-0.2, -0.15) is 5.10 Å². The fourth-order valence-corrected chi connectivity index (χ4v) is 3.09. The molecule has 3 aromatic rings. The molecule has 1 N–H and O–H groups in total. The molecule has 6 heteroatoms. The van der Waals surface area contributed by atoms with Crippen molar-refractivity contribution in [3.05, 3.63) is 81.9 Å². The fraction of sp³-hybridized carbons (Fsp3) is 0.200. The molecule has 134 valence electrons. The van der Waals surface area contributed by atoms with Crippen molar-refractivity contribution < 1.29 is 9.18 Å². The quantitative estimate of drug-likeness (QED) is 0.732. The number of hydrogen-bond acceptors (Lipinski definition) is 2. The van der Waals surface area contributed by atoms with Crippen LogP contribution in [0.1, 0.15) is 22.5 Å². The maximum absolute atomic E-state index is 13.8. The summed E-state index contributed by atoms with van der Waals surface area (Å²) in [5.41, 5.74) is 3.80. The molecule has 0 aliphatic rings. The summed E-state index contributed by atoms with van der Waals surface area (Å²) in [5.74, 6) is -0.634. The number of para-hydroxylation sites is 1. The smallest absolute Gasteiger partial charge is 0.224 e. The van der Waals surface area contributed by atoms with E-state index in [9.17, 15) is 9.18 Å². The van der Waals surface area contributed by atoms with Gasteiger partial charge in [-0.25, -0.2) is 9.07 Å². The van der Waals surface area contributed by atoms with Crippen LogP contribution in [0.3, 0.4) is 0 Å². The van der Waals surface area contributed by atoms with Crippen LogP contribution in [-0.2, 0) is 17.8 Å². The predicted octanol–water partition coefficient (Wildman–Crippen LogP) is 4.14. The van der Waals surface area contributed by atoms with Gasteiger partial charge in [0, 0.05) is 28.4 Å². The molecule has 4 nitrogen and oxygen atoms in total. The van der Waals surface area contributed by atoms with Gasteiger partial charge in [-0.1, -0.05) is 35.9 Å². The normalized spacial score (nSPS) is 10.8. The third kappa shape index (κ3) is 3.78. The van der Waals surface area contributed by atoms with Crippen LogP contribution in [0, 0.1) is 19.7 Å². The summed E-state index contributed by atoms with van der Waals surface area (Å²) in [6, 6.07) is 14.2. The van der Waals surface area contributed by atoms with E-state index in [1.165, 1.54) is 12.1 Å². The molecule has 0 saturated heterocycles. The molecule has 0 unspecified atom stereocenters. The lowest BCUT2D eigenvalue weighted by atomic mass is 10.1. The van der Waals surface area contributed by atoms with Crippen molar-refractivity contribution in [2.75, 3.05) is 0 Å². The molecule has 0 aliphatic carbocycles. The summed E-state index contributed by atoms with van der Waals surface area (Å²) in [5, 5.41) is 7.57. The minimum atomic E-state index is -0.429. The number of carbonyl (C=O) groups is 1. The summed E-state index contributed by atoms with van der Waals surface area (Å²) in [6.07, 6.45) is 0.177. The molecular formula is C20H19ClFN3O. The van der Waals surface area contributed by atoms with Gasteiger partial charge in [-0.15, -0.1) is 0 Å². The minimum absolute atomic E-state index is 0.0509. The molecule has 2 aromatic carbocycles. The highest BCUT2D eigenvalue weighted by molar-refractivity contribution is 6.31. The van der Waals surface area contributed by atoms with Crippen molar-refractivity contribution in [1.82, 2.24) is 15.1 Å². The average Bonchev–Trinajstić information content (AvgIpc) is 2.90. The second-order valence-electron chi connectivity index (χ2n) is 6.05. The molecular weight excluding hydrogens is 353 g/mol. The van der Waals surface area contributed by atoms with Crippen LogP contribution in [0.2, 0.25) is 5.02 Å². The Hall–Kier alpha value is -2.66. The Balaban J connectivity index is 1.73. The van der Waals surface area contributed by atoms with Crippen LogP contribution >= 0.6 is 11.6 Å². The Morgan fingerprint density at radius 2 is 1.85 bits per heavy atom. The Morgan fingerprint density at radius 1 is 1.12 bits per heavy atom. The van der Waals surface area contributed by atoms with E-state index in [1.54, 1.807) is 6.07 Å². The van der Waals surface area contributed by atoms with E-state index in [1.807, 2.05) is 48.9 Å². The molecule has 26 heavy (non-hydrogen) atoms. The first-order valence-corrected chi connectivity index (χ1v) is 8.65. The largest absolute Gasteiger partial charge is 0.352 e. The van der Waals surface area contributed by atoms with Gasteiger partial charge in [-0.3, -0.25) is 4.79 Å². The second-order valence-corrected chi connectivity index (χ2v) is 6.46. The van der Waals surface area contributed by atoms with E-state index in [-0.39, 0.29) is 24.4 Å². The lowest BCUT2D eigenvalue weighted by Gasteiger charge is -2.09. The highest BCUT2D eigenvalue weighted by Crippen LogP contribution is 2.20. The lowest BCUT2D eigenvalue weighted by molar-refractivity contribution is -0.120. The van der Waals surface area contributed by atoms with Crippen molar-refractivity contribution in [1.29, 1.82) is 0 Å². The number of aromatic nitrogens is 2. The molecule has 0 bridgehead atoms. The van der Waals surface area contributed by atoms with Gasteiger partial charge in [0.1, 0.15) is 5.82 Å². The molecule has 0 spiro atoms. The highest BCUT2D eigenvalue weighted by atomic mass is 35.5. The van der Waals surface area contributed by atoms with E-state index in [4.69, 9.17) is 11.6 Å². The maximum Gasteiger partial charge on any atom is 0.224 e. The Kier molecular flexibility index (Phi) is 5.38. The topological polar surface area (TPSA) is 46.9 Å². The third-order valence-corrected chi connectivity index (χ3v) is 4.66. The number of nitrogens with zero attached hydrogens (tertiary/aromatic N) is 2. The molecule has 3 rings (SSSR count). The van der Waals surface area contributed by atoms with Crippen LogP contribution in [0.15, 0.2) is 48.5 Å². The van der Waals surface area contributed by atoms with Crippen LogP contribution in [-0.4, -0.2) is 15.7 Å². The van der Waals surface area contributed by atoms with Crippen molar-refractivity contribution in [2.24, 2.45) is 0 Å². The molecule has 0 saturated carbocycles. The Labute approximate surface area is 156 Å². The molecule has 0 fully saturated rings. The number of rotatable bonds is 5. The Morgan fingerprint density at radius 3 is 2.54 bits per heavy atom. The molecule has 1 heterocycles. The molecule has 0 atom stereocenters. The van der Waals surface area contributed by atoms with Crippen molar-refractivity contribution >= 4 is 17.5 Å². The SMILES string of the molecule is Cc1nn(-c2ccccc2)c(C)c1CC(=O)NCc1c(F)cccc1Cl. The first kappa shape index (κ1) is 18.1. The van der Waals surface area contributed by atoms with Gasteiger partial charge >= 0.3 is 0 Å². The van der Waals surface area contributed by atoms with Gasteiger partial charge in [0.05, 0.1) is 17.8 Å². The lowest BCUT2D eigenvalue weighted by Crippen LogP contribution is -2.25. The number of amides is 1. The van der Waals surface area contributed by atoms with Crippen LogP contribution < -0.4 is 5.32 Å². The zero-order chi connectivity index (χ0) is 18.7. The van der Waals surface area contributed by atoms with Gasteiger partial charge in [0.2, 0.25) is 5.91 Å². The average molecular weight is 372 g/mol. The number of benzene rings is 2. The summed E-state index contributed by atoms with van der Waals surface area (Å²) in [7, 11) is 0. The van der Waals surface area contributed by atoms with E-state index in [2.05, 4.69) is 10.4 Å². The second kappa shape index (κ2) is 7.70. The van der Waals surface area contributed by atoms with Crippen LogP contribution in [0.25, 0.3) is 5.69 Å². The van der Waals surface area contributed by atoms with E-state index in [0.717, 1.165) is 22.6 Å². The molecule has 1 amide bonds. The number of hydrogen-bond donors (Lipinski definition) is 1. The van der Waals surface area contributed by atoms with Crippen LogP contribution in [0.5, 0.6) is 0 Å². The van der Waals surface area contributed by atoms with Crippen molar-refractivity contribution in [3.8, 4) is 5.69 Å². The van der Waals surface area contributed by atoms with Gasteiger partial charge in [0.15, 0.2) is 0 Å². The number of nitrogens with one attached hydrogen (secondary N) is 1. The Bertz CT molecular complexity index is 917. The summed E-state index contributed by atoms with van der Waals surface area (Å²) < 4.78 is 15.6. The monoisotopic (exact) mass is 371 g/mol.